The molecule has 2 heterocycles. The highest BCUT2D eigenvalue weighted by atomic mass is 16.7. The molecule has 0 N–H and O–H groups in total. The molecule has 1 atom stereocenters. The average Bonchev–Trinajstić information content (AvgIpc) is 3.16. The lowest BCUT2D eigenvalue weighted by Gasteiger charge is -2.21. The molecular formula is C15H16N2O5. The van der Waals surface area contributed by atoms with E-state index < -0.39 is 6.10 Å². The van der Waals surface area contributed by atoms with E-state index >= 15 is 0 Å². The number of amides is 1. The molecule has 3 rings (SSSR count). The number of aromatic nitrogens is 1. The van der Waals surface area contributed by atoms with Crippen LogP contribution in [0.4, 0.5) is 0 Å². The number of hydrogen-bond donors (Lipinski definition) is 0. The van der Waals surface area contributed by atoms with Crippen LogP contribution in [-0.2, 0) is 11.3 Å². The summed E-state index contributed by atoms with van der Waals surface area (Å²) in [6.45, 7) is 2.27. The Morgan fingerprint density at radius 3 is 2.95 bits per heavy atom. The molecule has 0 saturated carbocycles. The van der Waals surface area contributed by atoms with Crippen molar-refractivity contribution in [2.75, 3.05) is 13.8 Å². The number of carbonyl (C=O) groups is 1. The highest BCUT2D eigenvalue weighted by Gasteiger charge is 2.21. The zero-order valence-corrected chi connectivity index (χ0v) is 12.3. The summed E-state index contributed by atoms with van der Waals surface area (Å²) >= 11 is 0. The fraction of sp³-hybridized carbons (Fsp3) is 0.333. The Morgan fingerprint density at radius 1 is 1.36 bits per heavy atom. The number of hydrogen-bond acceptors (Lipinski definition) is 6. The highest BCUT2D eigenvalue weighted by molar-refractivity contribution is 5.80. The molecule has 0 bridgehead atoms. The molecule has 7 heteroatoms. The molecule has 0 spiro atoms. The molecule has 1 unspecified atom stereocenters. The number of rotatable bonds is 5. The number of carbonyl (C=O) groups excluding carboxylic acids is 1. The second-order valence-corrected chi connectivity index (χ2v) is 4.96. The lowest BCUT2D eigenvalue weighted by Crippen LogP contribution is -2.37. The van der Waals surface area contributed by atoms with Crippen molar-refractivity contribution in [1.29, 1.82) is 0 Å². The quantitative estimate of drug-likeness (QED) is 0.839. The lowest BCUT2D eigenvalue weighted by atomic mass is 10.3. The van der Waals surface area contributed by atoms with Crippen LogP contribution in [-0.4, -0.2) is 35.9 Å². The molecule has 1 amide bonds. The van der Waals surface area contributed by atoms with E-state index in [1.54, 1.807) is 38.2 Å². The molecule has 7 nitrogen and oxygen atoms in total. The van der Waals surface area contributed by atoms with Gasteiger partial charge in [-0.15, -0.1) is 0 Å². The topological polar surface area (TPSA) is 74.0 Å². The zero-order valence-electron chi connectivity index (χ0n) is 12.3. The third kappa shape index (κ3) is 2.98. The minimum atomic E-state index is -0.628. The molecule has 0 radical (unpaired) electrons. The first-order valence-electron chi connectivity index (χ1n) is 6.84. The Kier molecular flexibility index (Phi) is 3.86. The second kappa shape index (κ2) is 5.97. The van der Waals surface area contributed by atoms with E-state index in [2.05, 4.69) is 5.16 Å². The van der Waals surface area contributed by atoms with E-state index in [0.29, 0.717) is 29.5 Å². The number of ether oxygens (including phenoxy) is 3. The van der Waals surface area contributed by atoms with E-state index in [-0.39, 0.29) is 12.7 Å². The van der Waals surface area contributed by atoms with Crippen LogP contribution in [0.3, 0.4) is 0 Å². The van der Waals surface area contributed by atoms with Crippen molar-refractivity contribution in [3.05, 3.63) is 36.2 Å². The summed E-state index contributed by atoms with van der Waals surface area (Å²) in [7, 11) is 1.69. The van der Waals surface area contributed by atoms with Crippen molar-refractivity contribution >= 4 is 5.91 Å². The van der Waals surface area contributed by atoms with Crippen LogP contribution < -0.4 is 14.2 Å². The van der Waals surface area contributed by atoms with Crippen molar-refractivity contribution in [2.45, 2.75) is 19.6 Å². The van der Waals surface area contributed by atoms with Crippen LogP contribution in [0.1, 0.15) is 12.6 Å². The lowest BCUT2D eigenvalue weighted by molar-refractivity contribution is -0.137. The van der Waals surface area contributed by atoms with Crippen LogP contribution in [0.25, 0.3) is 0 Å². The first-order chi connectivity index (χ1) is 10.6. The molecule has 1 aliphatic rings. The Hall–Kier alpha value is -2.70. The standard InChI is InChI=1S/C15H16N2O5/c1-10(15(18)17(2)8-11-5-6-21-16-11)22-12-3-4-13-14(7-12)20-9-19-13/h3-7,10H,8-9H2,1-2H3. The summed E-state index contributed by atoms with van der Waals surface area (Å²) in [4.78, 5) is 13.8. The van der Waals surface area contributed by atoms with E-state index in [0.717, 1.165) is 0 Å². The SMILES string of the molecule is CC(Oc1ccc2c(c1)OCO2)C(=O)N(C)Cc1ccon1. The van der Waals surface area contributed by atoms with Gasteiger partial charge in [-0.1, -0.05) is 5.16 Å². The van der Waals surface area contributed by atoms with Gasteiger partial charge in [0.25, 0.3) is 5.91 Å². The third-order valence-electron chi connectivity index (χ3n) is 3.27. The Labute approximate surface area is 127 Å². The van der Waals surface area contributed by atoms with Gasteiger partial charge in [0.05, 0.1) is 6.54 Å². The van der Waals surface area contributed by atoms with Gasteiger partial charge in [-0.25, -0.2) is 0 Å². The molecule has 2 aromatic rings. The zero-order chi connectivity index (χ0) is 15.5. The minimum absolute atomic E-state index is 0.152. The third-order valence-corrected chi connectivity index (χ3v) is 3.27. The van der Waals surface area contributed by atoms with Crippen molar-refractivity contribution in [2.24, 2.45) is 0 Å². The van der Waals surface area contributed by atoms with E-state index in [4.69, 9.17) is 18.7 Å². The van der Waals surface area contributed by atoms with E-state index in [9.17, 15) is 4.79 Å². The summed E-state index contributed by atoms with van der Waals surface area (Å²) in [6.07, 6.45) is 0.845. The van der Waals surface area contributed by atoms with Crippen molar-refractivity contribution in [1.82, 2.24) is 10.1 Å². The maximum absolute atomic E-state index is 12.3. The average molecular weight is 304 g/mol. The summed E-state index contributed by atoms with van der Waals surface area (Å²) in [5.41, 5.74) is 0.686. The summed E-state index contributed by atoms with van der Waals surface area (Å²) in [5.74, 6) is 1.70. The first-order valence-corrected chi connectivity index (χ1v) is 6.84. The summed E-state index contributed by atoms with van der Waals surface area (Å²) in [5, 5.41) is 3.78. The Balaban J connectivity index is 1.61. The number of likely N-dealkylation sites (N-methyl/N-ethyl adjacent to an activating group) is 1. The van der Waals surface area contributed by atoms with Gasteiger partial charge in [0, 0.05) is 19.2 Å². The fourth-order valence-corrected chi connectivity index (χ4v) is 2.16. The Morgan fingerprint density at radius 2 is 2.18 bits per heavy atom. The maximum atomic E-state index is 12.3. The van der Waals surface area contributed by atoms with Gasteiger partial charge in [0.15, 0.2) is 17.6 Å². The van der Waals surface area contributed by atoms with E-state index in [1.807, 2.05) is 0 Å². The normalized spacial score (nSPS) is 13.7. The Bertz CT molecular complexity index is 656. The maximum Gasteiger partial charge on any atom is 0.263 e. The number of fused-ring (bicyclic) bond motifs is 1. The van der Waals surface area contributed by atoms with Gasteiger partial charge < -0.3 is 23.6 Å². The number of benzene rings is 1. The van der Waals surface area contributed by atoms with Gasteiger partial charge >= 0.3 is 0 Å². The van der Waals surface area contributed by atoms with Crippen LogP contribution in [0.5, 0.6) is 17.2 Å². The van der Waals surface area contributed by atoms with Gasteiger partial charge in [-0.2, -0.15) is 0 Å². The van der Waals surface area contributed by atoms with Crippen LogP contribution in [0.2, 0.25) is 0 Å². The molecule has 1 aliphatic heterocycles. The van der Waals surface area contributed by atoms with Crippen molar-refractivity contribution in [3.8, 4) is 17.2 Å². The second-order valence-electron chi connectivity index (χ2n) is 4.96. The molecule has 22 heavy (non-hydrogen) atoms. The largest absolute Gasteiger partial charge is 0.481 e. The summed E-state index contributed by atoms with van der Waals surface area (Å²) in [6, 6.07) is 6.93. The number of nitrogens with zero attached hydrogens (tertiary/aromatic N) is 2. The van der Waals surface area contributed by atoms with Crippen LogP contribution in [0, 0.1) is 0 Å². The van der Waals surface area contributed by atoms with Crippen LogP contribution >= 0.6 is 0 Å². The van der Waals surface area contributed by atoms with Gasteiger partial charge in [0.2, 0.25) is 6.79 Å². The summed E-state index contributed by atoms with van der Waals surface area (Å²) < 4.78 is 20.9. The minimum Gasteiger partial charge on any atom is -0.481 e. The highest BCUT2D eigenvalue weighted by Crippen LogP contribution is 2.35. The molecule has 0 aliphatic carbocycles. The van der Waals surface area contributed by atoms with Gasteiger partial charge in [-0.05, 0) is 19.1 Å². The molecule has 1 aromatic heterocycles. The van der Waals surface area contributed by atoms with Crippen molar-refractivity contribution < 1.29 is 23.5 Å². The van der Waals surface area contributed by atoms with Crippen molar-refractivity contribution in [3.63, 3.8) is 0 Å². The van der Waals surface area contributed by atoms with Gasteiger partial charge in [-0.3, -0.25) is 4.79 Å². The molecule has 0 fully saturated rings. The van der Waals surface area contributed by atoms with E-state index in [1.165, 1.54) is 11.2 Å². The van der Waals surface area contributed by atoms with Gasteiger partial charge in [0.1, 0.15) is 17.7 Å². The fourth-order valence-electron chi connectivity index (χ4n) is 2.16. The smallest absolute Gasteiger partial charge is 0.263 e. The predicted octanol–water partition coefficient (Wildman–Crippen LogP) is 1.83. The molecule has 1 aromatic carbocycles. The first kappa shape index (κ1) is 14.2. The molecule has 116 valence electrons. The molecule has 0 saturated heterocycles. The van der Waals surface area contributed by atoms with Crippen LogP contribution in [0.15, 0.2) is 35.1 Å². The molecular weight excluding hydrogens is 288 g/mol. The predicted molar refractivity (Wildman–Crippen MR) is 75.6 cm³/mol. The monoisotopic (exact) mass is 304 g/mol.